The molecule has 0 radical (unpaired) electrons. The number of aryl methyl sites for hydroxylation is 1. The molecule has 0 aromatic heterocycles. The fraction of sp³-hybridized carbons (Fsp3) is 0.250. The SMILES string of the molecule is COc1ccc(C(NN)c2cccc(C)c2)c(OC)c1. The van der Waals surface area contributed by atoms with Gasteiger partial charge in [-0.05, 0) is 24.6 Å². The van der Waals surface area contributed by atoms with Crippen molar-refractivity contribution in [2.75, 3.05) is 14.2 Å². The Hall–Kier alpha value is -2.04. The average Bonchev–Trinajstić information content (AvgIpc) is 2.48. The minimum absolute atomic E-state index is 0.129. The van der Waals surface area contributed by atoms with Gasteiger partial charge in [0.1, 0.15) is 11.5 Å². The van der Waals surface area contributed by atoms with Gasteiger partial charge in [-0.15, -0.1) is 0 Å². The lowest BCUT2D eigenvalue weighted by molar-refractivity contribution is 0.387. The van der Waals surface area contributed by atoms with Gasteiger partial charge in [-0.3, -0.25) is 5.84 Å². The van der Waals surface area contributed by atoms with Crippen LogP contribution in [0.1, 0.15) is 22.7 Å². The van der Waals surface area contributed by atoms with Crippen LogP contribution in [0.15, 0.2) is 42.5 Å². The Kier molecular flexibility index (Phi) is 4.61. The highest BCUT2D eigenvalue weighted by molar-refractivity contribution is 5.46. The maximum atomic E-state index is 5.74. The highest BCUT2D eigenvalue weighted by atomic mass is 16.5. The first-order chi connectivity index (χ1) is 9.69. The Labute approximate surface area is 119 Å². The maximum absolute atomic E-state index is 5.74. The van der Waals surface area contributed by atoms with Crippen LogP contribution in [0.3, 0.4) is 0 Å². The molecular weight excluding hydrogens is 252 g/mol. The summed E-state index contributed by atoms with van der Waals surface area (Å²) in [4.78, 5) is 0. The van der Waals surface area contributed by atoms with E-state index >= 15 is 0 Å². The largest absolute Gasteiger partial charge is 0.497 e. The number of hydrogen-bond donors (Lipinski definition) is 2. The lowest BCUT2D eigenvalue weighted by Gasteiger charge is -2.20. The van der Waals surface area contributed by atoms with Crippen molar-refractivity contribution in [3.05, 3.63) is 59.2 Å². The summed E-state index contributed by atoms with van der Waals surface area (Å²) in [7, 11) is 3.27. The third kappa shape index (κ3) is 2.92. The molecule has 1 atom stereocenters. The quantitative estimate of drug-likeness (QED) is 0.649. The summed E-state index contributed by atoms with van der Waals surface area (Å²) >= 11 is 0. The van der Waals surface area contributed by atoms with Gasteiger partial charge in [0, 0.05) is 11.6 Å². The van der Waals surface area contributed by atoms with E-state index in [0.717, 1.165) is 22.6 Å². The summed E-state index contributed by atoms with van der Waals surface area (Å²) in [6.45, 7) is 2.06. The van der Waals surface area contributed by atoms with Crippen molar-refractivity contribution in [3.63, 3.8) is 0 Å². The molecule has 20 heavy (non-hydrogen) atoms. The van der Waals surface area contributed by atoms with Gasteiger partial charge in [-0.2, -0.15) is 0 Å². The second kappa shape index (κ2) is 6.41. The molecule has 0 fully saturated rings. The Morgan fingerprint density at radius 3 is 2.45 bits per heavy atom. The third-order valence-corrected chi connectivity index (χ3v) is 3.29. The van der Waals surface area contributed by atoms with Crippen molar-refractivity contribution in [2.24, 2.45) is 5.84 Å². The monoisotopic (exact) mass is 272 g/mol. The number of nitrogens with two attached hydrogens (primary N) is 1. The molecule has 0 heterocycles. The molecular formula is C16H20N2O2. The third-order valence-electron chi connectivity index (χ3n) is 3.29. The van der Waals surface area contributed by atoms with Crippen LogP contribution in [0.25, 0.3) is 0 Å². The van der Waals surface area contributed by atoms with Crippen molar-refractivity contribution in [1.82, 2.24) is 5.43 Å². The van der Waals surface area contributed by atoms with E-state index in [1.54, 1.807) is 14.2 Å². The molecule has 4 heteroatoms. The number of rotatable bonds is 5. The molecule has 0 saturated heterocycles. The van der Waals surface area contributed by atoms with Gasteiger partial charge in [0.05, 0.1) is 20.3 Å². The molecule has 0 spiro atoms. The van der Waals surface area contributed by atoms with Gasteiger partial charge >= 0.3 is 0 Å². The number of methoxy groups -OCH3 is 2. The Morgan fingerprint density at radius 1 is 1.05 bits per heavy atom. The molecule has 1 unspecified atom stereocenters. The number of benzene rings is 2. The van der Waals surface area contributed by atoms with Crippen molar-refractivity contribution >= 4 is 0 Å². The topological polar surface area (TPSA) is 56.5 Å². The van der Waals surface area contributed by atoms with Gasteiger partial charge in [0.25, 0.3) is 0 Å². The molecule has 0 aliphatic rings. The molecule has 0 bridgehead atoms. The molecule has 0 aliphatic carbocycles. The summed E-state index contributed by atoms with van der Waals surface area (Å²) in [6.07, 6.45) is 0. The lowest BCUT2D eigenvalue weighted by atomic mass is 9.97. The van der Waals surface area contributed by atoms with Gasteiger partial charge in [-0.1, -0.05) is 29.8 Å². The van der Waals surface area contributed by atoms with Crippen molar-refractivity contribution in [3.8, 4) is 11.5 Å². The minimum Gasteiger partial charge on any atom is -0.497 e. The fourth-order valence-corrected chi connectivity index (χ4v) is 2.27. The molecule has 4 nitrogen and oxygen atoms in total. The standard InChI is InChI=1S/C16H20N2O2/c1-11-5-4-6-12(9-11)16(18-17)14-8-7-13(19-2)10-15(14)20-3/h4-10,16,18H,17H2,1-3H3. The van der Waals surface area contributed by atoms with Gasteiger partial charge in [0.2, 0.25) is 0 Å². The average molecular weight is 272 g/mol. The molecule has 2 aromatic rings. The number of nitrogens with one attached hydrogen (secondary N) is 1. The molecule has 0 aliphatic heterocycles. The van der Waals surface area contributed by atoms with E-state index in [-0.39, 0.29) is 6.04 Å². The summed E-state index contributed by atoms with van der Waals surface area (Å²) in [5.74, 6) is 7.24. The zero-order valence-electron chi connectivity index (χ0n) is 12.0. The highest BCUT2D eigenvalue weighted by Gasteiger charge is 2.17. The van der Waals surface area contributed by atoms with Crippen LogP contribution in [0.4, 0.5) is 0 Å². The minimum atomic E-state index is -0.129. The van der Waals surface area contributed by atoms with E-state index in [1.165, 1.54) is 5.56 Å². The van der Waals surface area contributed by atoms with Gasteiger partial charge in [0.15, 0.2) is 0 Å². The number of hydrogen-bond acceptors (Lipinski definition) is 4. The summed E-state index contributed by atoms with van der Waals surface area (Å²) in [5, 5.41) is 0. The van der Waals surface area contributed by atoms with Crippen LogP contribution < -0.4 is 20.7 Å². The van der Waals surface area contributed by atoms with Crippen LogP contribution in [0.5, 0.6) is 11.5 Å². The predicted molar refractivity (Wildman–Crippen MR) is 79.9 cm³/mol. The van der Waals surface area contributed by atoms with Crippen molar-refractivity contribution < 1.29 is 9.47 Å². The van der Waals surface area contributed by atoms with Crippen LogP contribution >= 0.6 is 0 Å². The number of hydrazine groups is 1. The van der Waals surface area contributed by atoms with Crippen molar-refractivity contribution in [2.45, 2.75) is 13.0 Å². The summed E-state index contributed by atoms with van der Waals surface area (Å²) in [5.41, 5.74) is 6.11. The lowest BCUT2D eigenvalue weighted by Crippen LogP contribution is -2.29. The second-order valence-corrected chi connectivity index (χ2v) is 4.62. The van der Waals surface area contributed by atoms with E-state index in [4.69, 9.17) is 15.3 Å². The molecule has 0 amide bonds. The van der Waals surface area contributed by atoms with Crippen LogP contribution in [0.2, 0.25) is 0 Å². The first-order valence-corrected chi connectivity index (χ1v) is 6.44. The summed E-state index contributed by atoms with van der Waals surface area (Å²) < 4.78 is 10.7. The van der Waals surface area contributed by atoms with E-state index in [2.05, 4.69) is 24.5 Å². The smallest absolute Gasteiger partial charge is 0.127 e. The van der Waals surface area contributed by atoms with Crippen molar-refractivity contribution in [1.29, 1.82) is 0 Å². The van der Waals surface area contributed by atoms with Gasteiger partial charge in [-0.25, -0.2) is 5.43 Å². The zero-order valence-corrected chi connectivity index (χ0v) is 12.0. The van der Waals surface area contributed by atoms with E-state index in [0.29, 0.717) is 0 Å². The fourth-order valence-electron chi connectivity index (χ4n) is 2.27. The molecule has 106 valence electrons. The van der Waals surface area contributed by atoms with E-state index < -0.39 is 0 Å². The highest BCUT2D eigenvalue weighted by Crippen LogP contribution is 2.32. The van der Waals surface area contributed by atoms with Gasteiger partial charge < -0.3 is 9.47 Å². The summed E-state index contributed by atoms with van der Waals surface area (Å²) in [6, 6.07) is 13.8. The maximum Gasteiger partial charge on any atom is 0.127 e. The normalized spacial score (nSPS) is 12.0. The predicted octanol–water partition coefficient (Wildman–Crippen LogP) is 2.56. The zero-order chi connectivity index (χ0) is 14.5. The molecule has 0 saturated carbocycles. The molecule has 2 aromatic carbocycles. The van der Waals surface area contributed by atoms with E-state index in [9.17, 15) is 0 Å². The Balaban J connectivity index is 2.46. The van der Waals surface area contributed by atoms with Crippen LogP contribution in [-0.2, 0) is 0 Å². The van der Waals surface area contributed by atoms with Crippen LogP contribution in [-0.4, -0.2) is 14.2 Å². The Bertz CT molecular complexity index is 584. The first-order valence-electron chi connectivity index (χ1n) is 6.44. The molecule has 2 rings (SSSR count). The first kappa shape index (κ1) is 14.4. The Morgan fingerprint density at radius 2 is 1.85 bits per heavy atom. The van der Waals surface area contributed by atoms with E-state index in [1.807, 2.05) is 30.3 Å². The van der Waals surface area contributed by atoms with Crippen LogP contribution in [0, 0.1) is 6.92 Å². The molecule has 3 N–H and O–H groups in total. The number of ether oxygens (including phenoxy) is 2. The second-order valence-electron chi connectivity index (χ2n) is 4.62.